The third-order valence-electron chi connectivity index (χ3n) is 4.06. The number of rotatable bonds is 9. The van der Waals surface area contributed by atoms with E-state index < -0.39 is 12.1 Å². The fraction of sp³-hybridized carbons (Fsp3) is 0.750. The highest BCUT2D eigenvalue weighted by Crippen LogP contribution is 2.35. The van der Waals surface area contributed by atoms with Crippen molar-refractivity contribution < 1.29 is 19.8 Å². The van der Waals surface area contributed by atoms with Crippen molar-refractivity contribution in [2.75, 3.05) is 0 Å². The SMILES string of the molecule is CCCCCCC(=O)C=C[C@H]1CC[C@H](O)[C@@H]1CC(=O)O. The lowest BCUT2D eigenvalue weighted by Gasteiger charge is -2.17. The van der Waals surface area contributed by atoms with Gasteiger partial charge in [0, 0.05) is 12.3 Å². The molecule has 0 radical (unpaired) electrons. The highest BCUT2D eigenvalue weighted by Gasteiger charge is 2.34. The number of unbranched alkanes of at least 4 members (excludes halogenated alkanes) is 3. The van der Waals surface area contributed by atoms with E-state index in [9.17, 15) is 14.7 Å². The summed E-state index contributed by atoms with van der Waals surface area (Å²) in [6.45, 7) is 2.13. The lowest BCUT2D eigenvalue weighted by atomic mass is 9.91. The van der Waals surface area contributed by atoms with E-state index in [1.807, 2.05) is 6.08 Å². The van der Waals surface area contributed by atoms with Gasteiger partial charge in [-0.3, -0.25) is 9.59 Å². The Kier molecular flexibility index (Phi) is 7.52. The summed E-state index contributed by atoms with van der Waals surface area (Å²) in [6, 6.07) is 0. The Hall–Kier alpha value is -1.16. The van der Waals surface area contributed by atoms with Crippen molar-refractivity contribution in [3.8, 4) is 0 Å². The maximum Gasteiger partial charge on any atom is 0.303 e. The molecule has 0 aromatic carbocycles. The van der Waals surface area contributed by atoms with Crippen LogP contribution in [0.4, 0.5) is 0 Å². The van der Waals surface area contributed by atoms with Crippen molar-refractivity contribution in [1.29, 1.82) is 0 Å². The first-order valence-corrected chi connectivity index (χ1v) is 7.65. The van der Waals surface area contributed by atoms with Gasteiger partial charge in [-0.25, -0.2) is 0 Å². The first-order chi connectivity index (χ1) is 9.54. The molecular weight excluding hydrogens is 256 g/mol. The highest BCUT2D eigenvalue weighted by atomic mass is 16.4. The molecule has 1 fully saturated rings. The molecule has 20 heavy (non-hydrogen) atoms. The summed E-state index contributed by atoms with van der Waals surface area (Å²) >= 11 is 0. The topological polar surface area (TPSA) is 74.6 Å². The van der Waals surface area contributed by atoms with Gasteiger partial charge in [0.1, 0.15) is 0 Å². The molecule has 0 amide bonds. The summed E-state index contributed by atoms with van der Waals surface area (Å²) in [5.74, 6) is -1.02. The minimum absolute atomic E-state index is 0.0145. The van der Waals surface area contributed by atoms with Crippen LogP contribution in [0.15, 0.2) is 12.2 Å². The number of hydrogen-bond donors (Lipinski definition) is 2. The van der Waals surface area contributed by atoms with Crippen LogP contribution in [0.25, 0.3) is 0 Å². The summed E-state index contributed by atoms with van der Waals surface area (Å²) in [4.78, 5) is 22.5. The average molecular weight is 282 g/mol. The van der Waals surface area contributed by atoms with Crippen LogP contribution in [0.3, 0.4) is 0 Å². The molecule has 0 heterocycles. The minimum atomic E-state index is -0.889. The predicted octanol–water partition coefficient (Wildman–Crippen LogP) is 2.94. The van der Waals surface area contributed by atoms with Gasteiger partial charge in [-0.15, -0.1) is 0 Å². The van der Waals surface area contributed by atoms with Crippen LogP contribution in [-0.4, -0.2) is 28.1 Å². The third kappa shape index (κ3) is 5.87. The van der Waals surface area contributed by atoms with E-state index in [-0.39, 0.29) is 24.0 Å². The molecule has 4 nitrogen and oxygen atoms in total. The van der Waals surface area contributed by atoms with E-state index in [2.05, 4.69) is 6.92 Å². The number of aliphatic hydroxyl groups is 1. The van der Waals surface area contributed by atoms with Crippen molar-refractivity contribution >= 4 is 11.8 Å². The smallest absolute Gasteiger partial charge is 0.303 e. The molecule has 0 spiro atoms. The van der Waals surface area contributed by atoms with Crippen LogP contribution in [0, 0.1) is 11.8 Å². The van der Waals surface area contributed by atoms with E-state index in [0.29, 0.717) is 12.8 Å². The van der Waals surface area contributed by atoms with Crippen molar-refractivity contribution in [2.24, 2.45) is 11.8 Å². The molecule has 1 rings (SSSR count). The van der Waals surface area contributed by atoms with Crippen molar-refractivity contribution in [3.63, 3.8) is 0 Å². The number of aliphatic hydroxyl groups excluding tert-OH is 1. The van der Waals surface area contributed by atoms with E-state index in [1.165, 1.54) is 0 Å². The van der Waals surface area contributed by atoms with Crippen LogP contribution in [-0.2, 0) is 9.59 Å². The fourth-order valence-electron chi connectivity index (χ4n) is 2.84. The number of carbonyl (C=O) groups excluding carboxylic acids is 1. The largest absolute Gasteiger partial charge is 0.481 e. The van der Waals surface area contributed by atoms with Crippen LogP contribution >= 0.6 is 0 Å². The zero-order valence-electron chi connectivity index (χ0n) is 12.3. The number of carbonyl (C=O) groups is 2. The second-order valence-corrected chi connectivity index (χ2v) is 5.71. The Morgan fingerprint density at radius 2 is 1.95 bits per heavy atom. The molecule has 1 saturated carbocycles. The molecule has 0 bridgehead atoms. The van der Waals surface area contributed by atoms with E-state index in [1.54, 1.807) is 6.08 Å². The van der Waals surface area contributed by atoms with Crippen molar-refractivity contribution in [2.45, 2.75) is 64.4 Å². The second kappa shape index (κ2) is 8.90. The summed E-state index contributed by atoms with van der Waals surface area (Å²) < 4.78 is 0. The van der Waals surface area contributed by atoms with Gasteiger partial charge >= 0.3 is 5.97 Å². The van der Waals surface area contributed by atoms with Crippen molar-refractivity contribution in [3.05, 3.63) is 12.2 Å². The molecule has 1 aliphatic carbocycles. The Morgan fingerprint density at radius 1 is 1.20 bits per heavy atom. The number of ketones is 1. The lowest BCUT2D eigenvalue weighted by Crippen LogP contribution is -2.21. The molecule has 0 unspecified atom stereocenters. The summed E-state index contributed by atoms with van der Waals surface area (Å²) in [5.41, 5.74) is 0. The van der Waals surface area contributed by atoms with Crippen LogP contribution in [0.2, 0.25) is 0 Å². The lowest BCUT2D eigenvalue weighted by molar-refractivity contribution is -0.139. The standard InChI is InChI=1S/C16H26O4/c1-2-3-4-5-6-13(17)9-7-12-8-10-15(18)14(12)11-16(19)20/h7,9,12,14-15,18H,2-6,8,10-11H2,1H3,(H,19,20)/t12-,14+,15-/m0/s1. The average Bonchev–Trinajstić information content (AvgIpc) is 2.73. The zero-order chi connectivity index (χ0) is 15.0. The molecule has 0 aromatic heterocycles. The van der Waals surface area contributed by atoms with Gasteiger partial charge in [0.15, 0.2) is 5.78 Å². The Morgan fingerprint density at radius 3 is 2.60 bits per heavy atom. The van der Waals surface area contributed by atoms with Gasteiger partial charge in [-0.1, -0.05) is 32.3 Å². The van der Waals surface area contributed by atoms with Gasteiger partial charge in [-0.2, -0.15) is 0 Å². The van der Waals surface area contributed by atoms with E-state index in [0.717, 1.165) is 32.1 Å². The maximum absolute atomic E-state index is 11.7. The van der Waals surface area contributed by atoms with Crippen LogP contribution in [0.1, 0.15) is 58.3 Å². The first kappa shape index (κ1) is 16.9. The van der Waals surface area contributed by atoms with Crippen molar-refractivity contribution in [1.82, 2.24) is 0 Å². The molecule has 0 aliphatic heterocycles. The van der Waals surface area contributed by atoms with Gasteiger partial charge < -0.3 is 10.2 Å². The Balaban J connectivity index is 2.39. The summed E-state index contributed by atoms with van der Waals surface area (Å²) in [6.07, 6.45) is 9.08. The summed E-state index contributed by atoms with van der Waals surface area (Å²) in [7, 11) is 0. The Bertz CT molecular complexity index is 348. The Labute approximate surface area is 120 Å². The number of allylic oxidation sites excluding steroid dienone is 2. The molecule has 114 valence electrons. The fourth-order valence-corrected chi connectivity index (χ4v) is 2.84. The number of aliphatic carboxylic acids is 1. The molecule has 4 heteroatoms. The minimum Gasteiger partial charge on any atom is -0.481 e. The van der Waals surface area contributed by atoms with Gasteiger partial charge in [0.2, 0.25) is 0 Å². The van der Waals surface area contributed by atoms with E-state index >= 15 is 0 Å². The van der Waals surface area contributed by atoms with Gasteiger partial charge in [0.05, 0.1) is 12.5 Å². The van der Waals surface area contributed by atoms with Gasteiger partial charge in [0.25, 0.3) is 0 Å². The van der Waals surface area contributed by atoms with Crippen LogP contribution < -0.4 is 0 Å². The quantitative estimate of drug-likeness (QED) is 0.503. The zero-order valence-corrected chi connectivity index (χ0v) is 12.3. The normalized spacial score (nSPS) is 26.2. The molecular formula is C16H26O4. The van der Waals surface area contributed by atoms with Crippen LogP contribution in [0.5, 0.6) is 0 Å². The second-order valence-electron chi connectivity index (χ2n) is 5.71. The molecule has 0 aromatic rings. The maximum atomic E-state index is 11.7. The predicted molar refractivity (Wildman–Crippen MR) is 77.4 cm³/mol. The monoisotopic (exact) mass is 282 g/mol. The number of carboxylic acids is 1. The molecule has 0 saturated heterocycles. The third-order valence-corrected chi connectivity index (χ3v) is 4.06. The van der Waals surface area contributed by atoms with E-state index in [4.69, 9.17) is 5.11 Å². The molecule has 2 N–H and O–H groups in total. The van der Waals surface area contributed by atoms with Gasteiger partial charge in [-0.05, 0) is 31.3 Å². The molecule has 3 atom stereocenters. The first-order valence-electron chi connectivity index (χ1n) is 7.65. The number of carboxylic acid groups (broad SMARTS) is 1. The summed E-state index contributed by atoms with van der Waals surface area (Å²) in [5, 5.41) is 18.6. The molecule has 1 aliphatic rings. The number of hydrogen-bond acceptors (Lipinski definition) is 3. The highest BCUT2D eigenvalue weighted by molar-refractivity contribution is 5.89.